The van der Waals surface area contributed by atoms with Crippen molar-refractivity contribution in [2.75, 3.05) is 19.3 Å². The van der Waals surface area contributed by atoms with Crippen LogP contribution in [-0.2, 0) is 12.3 Å². The zero-order chi connectivity index (χ0) is 17.6. The summed E-state index contributed by atoms with van der Waals surface area (Å²) in [5.74, 6) is 1.81. The molecule has 0 aliphatic carbocycles. The molecule has 0 radical (unpaired) electrons. The SMILES string of the molecule is CSCc1noc(CN2CC[C@@H](NC(=O)c3ccccc3)[C@H](O)C2)n1. The highest BCUT2D eigenvalue weighted by atomic mass is 32.2. The van der Waals surface area contributed by atoms with E-state index >= 15 is 0 Å². The van der Waals surface area contributed by atoms with Crippen LogP contribution in [0.1, 0.15) is 28.5 Å². The molecule has 1 saturated heterocycles. The third kappa shape index (κ3) is 4.81. The number of rotatable bonds is 6. The molecule has 3 rings (SSSR count). The Hall–Kier alpha value is -1.90. The van der Waals surface area contributed by atoms with Crippen LogP contribution in [0.3, 0.4) is 0 Å². The van der Waals surface area contributed by atoms with Gasteiger partial charge in [0.05, 0.1) is 24.4 Å². The minimum Gasteiger partial charge on any atom is -0.390 e. The van der Waals surface area contributed by atoms with Gasteiger partial charge in [0.2, 0.25) is 5.89 Å². The highest BCUT2D eigenvalue weighted by Crippen LogP contribution is 2.15. The summed E-state index contributed by atoms with van der Waals surface area (Å²) >= 11 is 1.64. The van der Waals surface area contributed by atoms with Gasteiger partial charge in [0.1, 0.15) is 0 Å². The van der Waals surface area contributed by atoms with Crippen molar-refractivity contribution >= 4 is 17.7 Å². The normalized spacial score (nSPS) is 21.2. The molecule has 0 unspecified atom stereocenters. The third-order valence-electron chi connectivity index (χ3n) is 4.16. The van der Waals surface area contributed by atoms with Crippen LogP contribution in [0.25, 0.3) is 0 Å². The summed E-state index contributed by atoms with van der Waals surface area (Å²) in [4.78, 5) is 18.6. The molecule has 7 nitrogen and oxygen atoms in total. The second-order valence-electron chi connectivity index (χ2n) is 6.07. The van der Waals surface area contributed by atoms with E-state index in [1.807, 2.05) is 24.5 Å². The minimum absolute atomic E-state index is 0.156. The van der Waals surface area contributed by atoms with Crippen molar-refractivity contribution in [2.45, 2.75) is 30.9 Å². The van der Waals surface area contributed by atoms with Gasteiger partial charge in [-0.1, -0.05) is 23.4 Å². The molecular weight excluding hydrogens is 340 g/mol. The van der Waals surface area contributed by atoms with Gasteiger partial charge in [-0.25, -0.2) is 0 Å². The van der Waals surface area contributed by atoms with E-state index in [1.54, 1.807) is 23.9 Å². The average Bonchev–Trinajstić information content (AvgIpc) is 3.05. The fourth-order valence-corrected chi connectivity index (χ4v) is 3.26. The van der Waals surface area contributed by atoms with Gasteiger partial charge in [0.15, 0.2) is 5.82 Å². The van der Waals surface area contributed by atoms with Crippen LogP contribution in [0.15, 0.2) is 34.9 Å². The number of amides is 1. The number of piperidine rings is 1. The molecule has 0 saturated carbocycles. The number of benzene rings is 1. The van der Waals surface area contributed by atoms with Gasteiger partial charge in [-0.3, -0.25) is 9.69 Å². The Kier molecular flexibility index (Phi) is 6.06. The summed E-state index contributed by atoms with van der Waals surface area (Å²) in [6, 6.07) is 8.79. The highest BCUT2D eigenvalue weighted by Gasteiger charge is 2.29. The first-order valence-electron chi connectivity index (χ1n) is 8.22. The van der Waals surface area contributed by atoms with Gasteiger partial charge in [-0.05, 0) is 24.8 Å². The maximum absolute atomic E-state index is 12.2. The van der Waals surface area contributed by atoms with E-state index in [9.17, 15) is 9.90 Å². The van der Waals surface area contributed by atoms with Gasteiger partial charge >= 0.3 is 0 Å². The highest BCUT2D eigenvalue weighted by molar-refractivity contribution is 7.97. The summed E-state index contributed by atoms with van der Waals surface area (Å²) in [6.07, 6.45) is 2.03. The van der Waals surface area contributed by atoms with Gasteiger partial charge in [0.25, 0.3) is 5.91 Å². The molecule has 0 spiro atoms. The fourth-order valence-electron chi connectivity index (χ4n) is 2.88. The van der Waals surface area contributed by atoms with E-state index in [4.69, 9.17) is 4.52 Å². The molecule has 1 aromatic heterocycles. The quantitative estimate of drug-likeness (QED) is 0.800. The first-order valence-corrected chi connectivity index (χ1v) is 9.62. The van der Waals surface area contributed by atoms with Gasteiger partial charge in [-0.15, -0.1) is 0 Å². The van der Waals surface area contributed by atoms with Crippen LogP contribution in [0.2, 0.25) is 0 Å². The number of aromatic nitrogens is 2. The molecule has 2 N–H and O–H groups in total. The summed E-state index contributed by atoms with van der Waals surface area (Å²) in [7, 11) is 0. The van der Waals surface area contributed by atoms with Crippen molar-refractivity contribution < 1.29 is 14.4 Å². The topological polar surface area (TPSA) is 91.5 Å². The van der Waals surface area contributed by atoms with Crippen molar-refractivity contribution in [3.8, 4) is 0 Å². The molecule has 0 bridgehead atoms. The number of nitrogens with zero attached hydrogens (tertiary/aromatic N) is 3. The van der Waals surface area contributed by atoms with E-state index in [-0.39, 0.29) is 11.9 Å². The number of thioether (sulfide) groups is 1. The largest absolute Gasteiger partial charge is 0.390 e. The second kappa shape index (κ2) is 8.46. The number of β-amino-alcohol motifs (C(OH)–C–C–N with tert-alkyl or cyclic N) is 1. The van der Waals surface area contributed by atoms with Crippen molar-refractivity contribution in [2.24, 2.45) is 0 Å². The standard InChI is InChI=1S/C17H22N4O3S/c1-25-11-15-19-16(24-20-15)10-21-8-7-13(14(22)9-21)18-17(23)12-5-3-2-4-6-12/h2-6,13-14,22H,7-11H2,1H3,(H,18,23)/t13-,14-/m1/s1. The number of nitrogens with one attached hydrogen (secondary N) is 1. The molecule has 1 aliphatic heterocycles. The van der Waals surface area contributed by atoms with E-state index in [0.29, 0.717) is 36.8 Å². The molecule has 2 atom stereocenters. The predicted octanol–water partition coefficient (Wildman–Crippen LogP) is 1.30. The Labute approximate surface area is 150 Å². The minimum atomic E-state index is -0.630. The van der Waals surface area contributed by atoms with Crippen molar-refractivity contribution in [1.29, 1.82) is 0 Å². The summed E-state index contributed by atoms with van der Waals surface area (Å²) in [5, 5.41) is 17.2. The third-order valence-corrected chi connectivity index (χ3v) is 4.71. The van der Waals surface area contributed by atoms with E-state index in [2.05, 4.69) is 20.4 Å². The number of aliphatic hydroxyl groups excluding tert-OH is 1. The molecule has 134 valence electrons. The van der Waals surface area contributed by atoms with Crippen molar-refractivity contribution in [3.05, 3.63) is 47.6 Å². The Morgan fingerprint density at radius 1 is 1.44 bits per heavy atom. The van der Waals surface area contributed by atoms with Crippen LogP contribution >= 0.6 is 11.8 Å². The number of carbonyl (C=O) groups excluding carboxylic acids is 1. The number of hydrogen-bond acceptors (Lipinski definition) is 7. The lowest BCUT2D eigenvalue weighted by atomic mass is 10.0. The van der Waals surface area contributed by atoms with Crippen LogP contribution in [0.4, 0.5) is 0 Å². The molecule has 8 heteroatoms. The molecule has 1 amide bonds. The lowest BCUT2D eigenvalue weighted by Crippen LogP contribution is -2.53. The number of aliphatic hydroxyl groups is 1. The monoisotopic (exact) mass is 362 g/mol. The van der Waals surface area contributed by atoms with E-state index in [0.717, 1.165) is 12.3 Å². The Morgan fingerprint density at radius 2 is 2.24 bits per heavy atom. The maximum Gasteiger partial charge on any atom is 0.251 e. The molecule has 1 aromatic carbocycles. The summed E-state index contributed by atoms with van der Waals surface area (Å²) in [5.41, 5.74) is 0.601. The number of likely N-dealkylation sites (tertiary alicyclic amines) is 1. The number of hydrogen-bond donors (Lipinski definition) is 2. The predicted molar refractivity (Wildman–Crippen MR) is 95.1 cm³/mol. The van der Waals surface area contributed by atoms with Crippen LogP contribution in [0, 0.1) is 0 Å². The fraction of sp³-hybridized carbons (Fsp3) is 0.471. The molecule has 1 fully saturated rings. The first-order chi connectivity index (χ1) is 12.2. The Morgan fingerprint density at radius 3 is 2.96 bits per heavy atom. The van der Waals surface area contributed by atoms with Crippen molar-refractivity contribution in [1.82, 2.24) is 20.4 Å². The molecule has 25 heavy (non-hydrogen) atoms. The molecule has 2 aromatic rings. The Balaban J connectivity index is 1.51. The Bertz CT molecular complexity index is 694. The zero-order valence-corrected chi connectivity index (χ0v) is 14.9. The van der Waals surface area contributed by atoms with E-state index in [1.165, 1.54) is 0 Å². The first kappa shape index (κ1) is 17.9. The number of carbonyl (C=O) groups is 1. The van der Waals surface area contributed by atoms with Crippen LogP contribution < -0.4 is 5.32 Å². The smallest absolute Gasteiger partial charge is 0.251 e. The van der Waals surface area contributed by atoms with Gasteiger partial charge in [-0.2, -0.15) is 16.7 Å². The maximum atomic E-state index is 12.2. The van der Waals surface area contributed by atoms with Gasteiger partial charge in [0, 0.05) is 18.7 Å². The van der Waals surface area contributed by atoms with Crippen LogP contribution in [0.5, 0.6) is 0 Å². The zero-order valence-electron chi connectivity index (χ0n) is 14.1. The van der Waals surface area contributed by atoms with Crippen molar-refractivity contribution in [3.63, 3.8) is 0 Å². The summed E-state index contributed by atoms with van der Waals surface area (Å²) in [6.45, 7) is 1.72. The molecule has 2 heterocycles. The molecular formula is C17H22N4O3S. The summed E-state index contributed by atoms with van der Waals surface area (Å²) < 4.78 is 5.24. The second-order valence-corrected chi connectivity index (χ2v) is 6.94. The van der Waals surface area contributed by atoms with Gasteiger partial charge < -0.3 is 14.9 Å². The lowest BCUT2D eigenvalue weighted by Gasteiger charge is -2.35. The average molecular weight is 362 g/mol. The van der Waals surface area contributed by atoms with E-state index < -0.39 is 6.10 Å². The lowest BCUT2D eigenvalue weighted by molar-refractivity contribution is 0.0313. The van der Waals surface area contributed by atoms with Crippen LogP contribution in [-0.4, -0.2) is 57.5 Å². The molecule has 1 aliphatic rings.